The average Bonchev–Trinajstić information content (AvgIpc) is 2.34. The molecule has 1 aromatic rings. The van der Waals surface area contributed by atoms with E-state index < -0.39 is 0 Å². The SMILES string of the molecule is CC(C)NCc1ccnc(N(C)C(C)C(C)C)c1. The van der Waals surface area contributed by atoms with Crippen molar-refractivity contribution in [3.63, 3.8) is 0 Å². The van der Waals surface area contributed by atoms with E-state index in [1.54, 1.807) is 0 Å². The van der Waals surface area contributed by atoms with Crippen LogP contribution in [-0.2, 0) is 6.54 Å². The minimum absolute atomic E-state index is 0.491. The van der Waals surface area contributed by atoms with Crippen molar-refractivity contribution in [1.82, 2.24) is 10.3 Å². The third kappa shape index (κ3) is 4.30. The summed E-state index contributed by atoms with van der Waals surface area (Å²) in [7, 11) is 2.12. The van der Waals surface area contributed by atoms with Gasteiger partial charge in [0.25, 0.3) is 0 Å². The van der Waals surface area contributed by atoms with Crippen LogP contribution in [0.5, 0.6) is 0 Å². The van der Waals surface area contributed by atoms with Gasteiger partial charge in [0.05, 0.1) is 0 Å². The van der Waals surface area contributed by atoms with Crippen LogP contribution in [0.15, 0.2) is 18.3 Å². The first-order valence-corrected chi connectivity index (χ1v) is 6.83. The molecule has 1 heterocycles. The molecule has 3 heteroatoms. The van der Waals surface area contributed by atoms with Crippen LogP contribution in [0.4, 0.5) is 5.82 Å². The molecule has 3 nitrogen and oxygen atoms in total. The normalized spacial score (nSPS) is 13.1. The van der Waals surface area contributed by atoms with E-state index >= 15 is 0 Å². The van der Waals surface area contributed by atoms with Crippen molar-refractivity contribution in [2.45, 2.75) is 53.2 Å². The topological polar surface area (TPSA) is 28.2 Å². The molecule has 0 aliphatic rings. The predicted octanol–water partition coefficient (Wildman–Crippen LogP) is 3.06. The van der Waals surface area contributed by atoms with E-state index in [-0.39, 0.29) is 0 Å². The van der Waals surface area contributed by atoms with Crippen LogP contribution < -0.4 is 10.2 Å². The fourth-order valence-corrected chi connectivity index (χ4v) is 1.74. The first kappa shape index (κ1) is 15.0. The van der Waals surface area contributed by atoms with Crippen LogP contribution in [0.1, 0.15) is 40.2 Å². The third-order valence-corrected chi connectivity index (χ3v) is 3.46. The number of nitrogens with one attached hydrogen (secondary N) is 1. The first-order chi connectivity index (χ1) is 8.41. The molecule has 1 unspecified atom stereocenters. The quantitative estimate of drug-likeness (QED) is 0.840. The summed E-state index contributed by atoms with van der Waals surface area (Å²) in [4.78, 5) is 6.72. The van der Waals surface area contributed by atoms with Gasteiger partial charge >= 0.3 is 0 Å². The Morgan fingerprint density at radius 2 is 1.89 bits per heavy atom. The molecule has 0 spiro atoms. The van der Waals surface area contributed by atoms with Crippen LogP contribution in [0.25, 0.3) is 0 Å². The largest absolute Gasteiger partial charge is 0.357 e. The molecule has 102 valence electrons. The smallest absolute Gasteiger partial charge is 0.128 e. The molecule has 0 saturated heterocycles. The van der Waals surface area contributed by atoms with Crippen molar-refractivity contribution in [2.24, 2.45) is 5.92 Å². The van der Waals surface area contributed by atoms with E-state index in [9.17, 15) is 0 Å². The monoisotopic (exact) mass is 249 g/mol. The summed E-state index contributed by atoms with van der Waals surface area (Å²) in [6, 6.07) is 5.25. The molecule has 0 aromatic carbocycles. The van der Waals surface area contributed by atoms with Gasteiger partial charge in [-0.25, -0.2) is 4.98 Å². The standard InChI is InChI=1S/C15H27N3/c1-11(2)13(5)18(6)15-9-14(7-8-16-15)10-17-12(3)4/h7-9,11-13,17H,10H2,1-6H3. The van der Waals surface area contributed by atoms with Crippen molar-refractivity contribution in [1.29, 1.82) is 0 Å². The maximum Gasteiger partial charge on any atom is 0.128 e. The lowest BCUT2D eigenvalue weighted by molar-refractivity contribution is 0.502. The Morgan fingerprint density at radius 1 is 1.22 bits per heavy atom. The highest BCUT2D eigenvalue weighted by molar-refractivity contribution is 5.41. The Bertz CT molecular complexity index is 361. The van der Waals surface area contributed by atoms with Gasteiger partial charge in [0, 0.05) is 31.9 Å². The molecule has 0 aliphatic heterocycles. The van der Waals surface area contributed by atoms with Gasteiger partial charge in [-0.3, -0.25) is 0 Å². The molecule has 0 amide bonds. The van der Waals surface area contributed by atoms with Crippen LogP contribution in [0, 0.1) is 5.92 Å². The predicted molar refractivity (Wildman–Crippen MR) is 78.9 cm³/mol. The zero-order chi connectivity index (χ0) is 13.7. The second kappa shape index (κ2) is 6.74. The van der Waals surface area contributed by atoms with E-state index in [4.69, 9.17) is 0 Å². The Kier molecular flexibility index (Phi) is 5.60. The number of rotatable bonds is 6. The summed E-state index contributed by atoms with van der Waals surface area (Å²) in [5.41, 5.74) is 1.29. The van der Waals surface area contributed by atoms with Gasteiger partial charge in [-0.05, 0) is 30.5 Å². The molecule has 1 atom stereocenters. The number of aromatic nitrogens is 1. The second-order valence-electron chi connectivity index (χ2n) is 5.65. The van der Waals surface area contributed by atoms with Gasteiger partial charge in [-0.1, -0.05) is 27.7 Å². The van der Waals surface area contributed by atoms with E-state index in [2.05, 4.69) is 69.0 Å². The fourth-order valence-electron chi connectivity index (χ4n) is 1.74. The molecule has 0 saturated carbocycles. The van der Waals surface area contributed by atoms with Gasteiger partial charge in [0.1, 0.15) is 5.82 Å². The Labute approximate surface area is 112 Å². The summed E-state index contributed by atoms with van der Waals surface area (Å²) >= 11 is 0. The lowest BCUT2D eigenvalue weighted by Crippen LogP contribution is -2.33. The minimum atomic E-state index is 0.491. The second-order valence-corrected chi connectivity index (χ2v) is 5.65. The number of hydrogen-bond donors (Lipinski definition) is 1. The van der Waals surface area contributed by atoms with E-state index in [1.807, 2.05) is 6.20 Å². The number of nitrogens with zero attached hydrogens (tertiary/aromatic N) is 2. The fraction of sp³-hybridized carbons (Fsp3) is 0.667. The van der Waals surface area contributed by atoms with Crippen molar-refractivity contribution in [3.05, 3.63) is 23.9 Å². The number of pyridine rings is 1. The van der Waals surface area contributed by atoms with Crippen LogP contribution in [0.3, 0.4) is 0 Å². The van der Waals surface area contributed by atoms with E-state index in [1.165, 1.54) is 5.56 Å². The molecule has 0 bridgehead atoms. The highest BCUT2D eigenvalue weighted by atomic mass is 15.2. The maximum atomic E-state index is 4.47. The van der Waals surface area contributed by atoms with Gasteiger partial charge in [-0.2, -0.15) is 0 Å². The molecule has 0 fully saturated rings. The minimum Gasteiger partial charge on any atom is -0.357 e. The molecular formula is C15H27N3. The van der Waals surface area contributed by atoms with Crippen molar-refractivity contribution in [2.75, 3.05) is 11.9 Å². The third-order valence-electron chi connectivity index (χ3n) is 3.46. The molecule has 0 radical (unpaired) electrons. The van der Waals surface area contributed by atoms with Crippen molar-refractivity contribution >= 4 is 5.82 Å². The van der Waals surface area contributed by atoms with E-state index in [0.717, 1.165) is 12.4 Å². The average molecular weight is 249 g/mol. The van der Waals surface area contributed by atoms with Crippen LogP contribution >= 0.6 is 0 Å². The summed E-state index contributed by atoms with van der Waals surface area (Å²) in [6.45, 7) is 11.9. The van der Waals surface area contributed by atoms with Gasteiger partial charge < -0.3 is 10.2 Å². The zero-order valence-electron chi connectivity index (χ0n) is 12.6. The van der Waals surface area contributed by atoms with E-state index in [0.29, 0.717) is 18.0 Å². The highest BCUT2D eigenvalue weighted by Crippen LogP contribution is 2.17. The molecule has 0 aliphatic carbocycles. The van der Waals surface area contributed by atoms with Crippen LogP contribution in [-0.4, -0.2) is 24.1 Å². The summed E-state index contributed by atoms with van der Waals surface area (Å²) in [5.74, 6) is 1.67. The van der Waals surface area contributed by atoms with Crippen molar-refractivity contribution < 1.29 is 0 Å². The first-order valence-electron chi connectivity index (χ1n) is 6.83. The summed E-state index contributed by atoms with van der Waals surface area (Å²) in [5, 5.41) is 3.43. The lowest BCUT2D eigenvalue weighted by Gasteiger charge is -2.29. The summed E-state index contributed by atoms with van der Waals surface area (Å²) < 4.78 is 0. The number of anilines is 1. The lowest BCUT2D eigenvalue weighted by atomic mass is 10.1. The number of hydrogen-bond acceptors (Lipinski definition) is 3. The van der Waals surface area contributed by atoms with Gasteiger partial charge in [0.2, 0.25) is 0 Å². The Balaban J connectivity index is 2.75. The zero-order valence-corrected chi connectivity index (χ0v) is 12.6. The molecule has 1 aromatic heterocycles. The van der Waals surface area contributed by atoms with Gasteiger partial charge in [-0.15, -0.1) is 0 Å². The molecular weight excluding hydrogens is 222 g/mol. The van der Waals surface area contributed by atoms with Crippen molar-refractivity contribution in [3.8, 4) is 0 Å². The summed E-state index contributed by atoms with van der Waals surface area (Å²) in [6.07, 6.45) is 1.90. The highest BCUT2D eigenvalue weighted by Gasteiger charge is 2.14. The van der Waals surface area contributed by atoms with Crippen LogP contribution in [0.2, 0.25) is 0 Å². The Morgan fingerprint density at radius 3 is 2.44 bits per heavy atom. The van der Waals surface area contributed by atoms with Gasteiger partial charge in [0.15, 0.2) is 0 Å². The Hall–Kier alpha value is -1.09. The molecule has 1 N–H and O–H groups in total. The molecule has 1 rings (SSSR count). The maximum absolute atomic E-state index is 4.47. The molecule has 18 heavy (non-hydrogen) atoms.